The highest BCUT2D eigenvalue weighted by Gasteiger charge is 2.52. The van der Waals surface area contributed by atoms with E-state index in [4.69, 9.17) is 42.8 Å². The standard InChI is InChI=1S/C28H27Cl2N5O4/c1-17(27(36)37)7-10-39-20-5-6-21(22(30)12-20)24-33-23-25(34(24)13-18-3-2-4-19(29)11-18)31-16-32-26(23)35-9-8-28(35)14-38-15-28/h2-6,11-12,16-17H,7-10,13-15H2,1H3,(H,36,37). The maximum Gasteiger partial charge on any atom is 0.306 e. The van der Waals surface area contributed by atoms with Crippen molar-refractivity contribution in [3.05, 3.63) is 64.4 Å². The Bertz CT molecular complexity index is 1550. The Hall–Kier alpha value is -3.40. The number of nitrogens with zero attached hydrogens (tertiary/aromatic N) is 5. The number of anilines is 1. The van der Waals surface area contributed by atoms with Crippen molar-refractivity contribution >= 4 is 46.2 Å². The van der Waals surface area contributed by atoms with E-state index in [1.807, 2.05) is 41.0 Å². The predicted octanol–water partition coefficient (Wildman–Crippen LogP) is 5.32. The lowest BCUT2D eigenvalue weighted by Gasteiger charge is -2.58. The Morgan fingerprint density at radius 2 is 2.05 bits per heavy atom. The zero-order chi connectivity index (χ0) is 27.1. The van der Waals surface area contributed by atoms with Crippen LogP contribution in [0, 0.1) is 5.92 Å². The Labute approximate surface area is 235 Å². The van der Waals surface area contributed by atoms with Crippen LogP contribution in [0.25, 0.3) is 22.6 Å². The number of fused-ring (bicyclic) bond motifs is 1. The third-order valence-corrected chi connectivity index (χ3v) is 8.08. The summed E-state index contributed by atoms with van der Waals surface area (Å²) in [5.74, 6) is 0.679. The number of aliphatic carboxylic acids is 1. The van der Waals surface area contributed by atoms with Crippen LogP contribution in [-0.2, 0) is 16.1 Å². The lowest BCUT2D eigenvalue weighted by atomic mass is 9.83. The minimum atomic E-state index is -0.845. The molecule has 0 saturated carbocycles. The van der Waals surface area contributed by atoms with Gasteiger partial charge in [0.15, 0.2) is 17.0 Å². The molecule has 1 atom stereocenters. The predicted molar refractivity (Wildman–Crippen MR) is 149 cm³/mol. The molecule has 2 aliphatic rings. The second kappa shape index (κ2) is 10.3. The minimum absolute atomic E-state index is 0.00699. The zero-order valence-corrected chi connectivity index (χ0v) is 22.8. The lowest BCUT2D eigenvalue weighted by Crippen LogP contribution is -2.71. The molecule has 2 saturated heterocycles. The van der Waals surface area contributed by atoms with Gasteiger partial charge in [0, 0.05) is 17.1 Å². The van der Waals surface area contributed by atoms with Gasteiger partial charge in [-0.15, -0.1) is 0 Å². The first-order chi connectivity index (χ1) is 18.8. The van der Waals surface area contributed by atoms with E-state index in [0.29, 0.717) is 59.0 Å². The molecule has 9 nitrogen and oxygen atoms in total. The van der Waals surface area contributed by atoms with Gasteiger partial charge in [0.25, 0.3) is 0 Å². The van der Waals surface area contributed by atoms with Crippen LogP contribution in [-0.4, -0.2) is 62.5 Å². The molecule has 0 bridgehead atoms. The number of carboxylic acids is 1. The van der Waals surface area contributed by atoms with Gasteiger partial charge in [-0.1, -0.05) is 42.3 Å². The molecule has 2 fully saturated rings. The summed E-state index contributed by atoms with van der Waals surface area (Å²) in [6.07, 6.45) is 3.04. The summed E-state index contributed by atoms with van der Waals surface area (Å²) in [5, 5.41) is 10.2. The SMILES string of the molecule is CC(CCOc1ccc(-c2nc3c(N4CCC45COC5)ncnc3n2Cc2cccc(Cl)c2)c(Cl)c1)C(=O)O. The lowest BCUT2D eigenvalue weighted by molar-refractivity contribution is -0.141. The summed E-state index contributed by atoms with van der Waals surface area (Å²) in [7, 11) is 0. The van der Waals surface area contributed by atoms with Crippen molar-refractivity contribution in [1.82, 2.24) is 19.5 Å². The highest BCUT2D eigenvalue weighted by Crippen LogP contribution is 2.43. The van der Waals surface area contributed by atoms with Crippen molar-refractivity contribution in [2.45, 2.75) is 31.8 Å². The first kappa shape index (κ1) is 25.9. The number of carboxylic acid groups (broad SMARTS) is 1. The first-order valence-corrected chi connectivity index (χ1v) is 13.6. The van der Waals surface area contributed by atoms with Crippen LogP contribution in [0.4, 0.5) is 5.82 Å². The van der Waals surface area contributed by atoms with Crippen molar-refractivity contribution in [2.75, 3.05) is 31.3 Å². The van der Waals surface area contributed by atoms with E-state index >= 15 is 0 Å². The van der Waals surface area contributed by atoms with E-state index in [0.717, 1.165) is 29.9 Å². The molecule has 0 aliphatic carbocycles. The third kappa shape index (κ3) is 4.79. The first-order valence-electron chi connectivity index (χ1n) is 12.8. The number of imidazole rings is 1. The summed E-state index contributed by atoms with van der Waals surface area (Å²) in [4.78, 5) is 27.7. The van der Waals surface area contributed by atoms with E-state index in [1.54, 1.807) is 19.3 Å². The number of hydrogen-bond donors (Lipinski definition) is 1. The summed E-state index contributed by atoms with van der Waals surface area (Å²) in [5.41, 5.74) is 3.13. The number of hydrogen-bond acceptors (Lipinski definition) is 7. The molecule has 0 radical (unpaired) electrons. The second-order valence-electron chi connectivity index (χ2n) is 10.2. The molecule has 4 aromatic rings. The monoisotopic (exact) mass is 567 g/mol. The molecule has 2 aliphatic heterocycles. The van der Waals surface area contributed by atoms with E-state index in [1.165, 1.54) is 0 Å². The van der Waals surface area contributed by atoms with Gasteiger partial charge in [0.2, 0.25) is 0 Å². The van der Waals surface area contributed by atoms with E-state index in [9.17, 15) is 4.79 Å². The molecular formula is C28H27Cl2N5O4. The Kier molecular flexibility index (Phi) is 6.82. The Morgan fingerprint density at radius 1 is 1.21 bits per heavy atom. The molecule has 6 rings (SSSR count). The van der Waals surface area contributed by atoms with Gasteiger partial charge in [0.1, 0.15) is 17.9 Å². The molecule has 39 heavy (non-hydrogen) atoms. The average molecular weight is 568 g/mol. The van der Waals surface area contributed by atoms with Gasteiger partial charge in [-0.2, -0.15) is 0 Å². The van der Waals surface area contributed by atoms with Crippen LogP contribution in [0.1, 0.15) is 25.3 Å². The second-order valence-corrected chi connectivity index (χ2v) is 11.0. The fourth-order valence-corrected chi connectivity index (χ4v) is 5.52. The van der Waals surface area contributed by atoms with Gasteiger partial charge < -0.3 is 24.0 Å². The van der Waals surface area contributed by atoms with Crippen LogP contribution in [0.15, 0.2) is 48.8 Å². The van der Waals surface area contributed by atoms with E-state index in [-0.39, 0.29) is 12.1 Å². The minimum Gasteiger partial charge on any atom is -0.494 e. The highest BCUT2D eigenvalue weighted by atomic mass is 35.5. The average Bonchev–Trinajstić information content (AvgIpc) is 3.21. The number of rotatable bonds is 9. The maximum absolute atomic E-state index is 11.1. The van der Waals surface area contributed by atoms with Crippen molar-refractivity contribution in [2.24, 2.45) is 5.92 Å². The fourth-order valence-electron chi connectivity index (χ4n) is 5.05. The van der Waals surface area contributed by atoms with Gasteiger partial charge >= 0.3 is 5.97 Å². The molecule has 202 valence electrons. The maximum atomic E-state index is 11.1. The van der Waals surface area contributed by atoms with Gasteiger partial charge in [-0.3, -0.25) is 4.79 Å². The van der Waals surface area contributed by atoms with E-state index < -0.39 is 11.9 Å². The molecule has 4 heterocycles. The molecule has 1 N–H and O–H groups in total. The molecule has 2 aromatic heterocycles. The molecule has 1 spiro atoms. The molecule has 1 unspecified atom stereocenters. The van der Waals surface area contributed by atoms with Crippen molar-refractivity contribution < 1.29 is 19.4 Å². The smallest absolute Gasteiger partial charge is 0.306 e. The van der Waals surface area contributed by atoms with Crippen LogP contribution in [0.5, 0.6) is 5.75 Å². The Balaban J connectivity index is 1.38. The topological polar surface area (TPSA) is 103 Å². The summed E-state index contributed by atoms with van der Waals surface area (Å²) in [6, 6.07) is 13.1. The molecular weight excluding hydrogens is 541 g/mol. The number of halogens is 2. The van der Waals surface area contributed by atoms with Crippen molar-refractivity contribution in [1.29, 1.82) is 0 Å². The highest BCUT2D eigenvalue weighted by molar-refractivity contribution is 6.33. The third-order valence-electron chi connectivity index (χ3n) is 7.54. The van der Waals surface area contributed by atoms with Crippen LogP contribution >= 0.6 is 23.2 Å². The van der Waals surface area contributed by atoms with Crippen molar-refractivity contribution in [3.63, 3.8) is 0 Å². The quantitative estimate of drug-likeness (QED) is 0.290. The largest absolute Gasteiger partial charge is 0.494 e. The summed E-state index contributed by atoms with van der Waals surface area (Å²) < 4.78 is 13.3. The molecule has 11 heteroatoms. The molecule has 2 aromatic carbocycles. The van der Waals surface area contributed by atoms with Gasteiger partial charge in [0.05, 0.1) is 42.8 Å². The summed E-state index contributed by atoms with van der Waals surface area (Å²) in [6.45, 7) is 4.68. The van der Waals surface area contributed by atoms with Gasteiger partial charge in [-0.05, 0) is 48.7 Å². The normalized spacial score (nSPS) is 16.6. The number of aromatic nitrogens is 4. The number of benzene rings is 2. The number of ether oxygens (including phenoxy) is 2. The van der Waals surface area contributed by atoms with Gasteiger partial charge in [-0.25, -0.2) is 15.0 Å². The Morgan fingerprint density at radius 3 is 2.72 bits per heavy atom. The van der Waals surface area contributed by atoms with Crippen LogP contribution < -0.4 is 9.64 Å². The molecule has 0 amide bonds. The summed E-state index contributed by atoms with van der Waals surface area (Å²) >= 11 is 13.1. The fraction of sp³-hybridized carbons (Fsp3) is 0.357. The van der Waals surface area contributed by atoms with Crippen LogP contribution in [0.2, 0.25) is 10.0 Å². The van der Waals surface area contributed by atoms with Crippen molar-refractivity contribution in [3.8, 4) is 17.1 Å². The van der Waals surface area contributed by atoms with Crippen LogP contribution in [0.3, 0.4) is 0 Å². The zero-order valence-electron chi connectivity index (χ0n) is 21.3. The number of carbonyl (C=O) groups is 1. The van der Waals surface area contributed by atoms with E-state index in [2.05, 4.69) is 14.9 Å².